The van der Waals surface area contributed by atoms with Crippen LogP contribution in [-0.2, 0) is 6.54 Å². The normalized spacial score (nSPS) is 9.78. The van der Waals surface area contributed by atoms with E-state index in [0.717, 1.165) is 0 Å². The molecule has 0 fully saturated rings. The Balaban J connectivity index is 2.95. The molecule has 18 heavy (non-hydrogen) atoms. The first-order valence-corrected chi connectivity index (χ1v) is 5.35. The van der Waals surface area contributed by atoms with Crippen molar-refractivity contribution in [2.45, 2.75) is 6.54 Å². The quantitative estimate of drug-likeness (QED) is 0.461. The van der Waals surface area contributed by atoms with Gasteiger partial charge >= 0.3 is 0 Å². The Morgan fingerprint density at radius 1 is 1.33 bits per heavy atom. The second-order valence-electron chi connectivity index (χ2n) is 3.49. The maximum Gasteiger partial charge on any atom is 0.269 e. The van der Waals surface area contributed by atoms with Gasteiger partial charge in [-0.1, -0.05) is 11.6 Å². The molecule has 0 N–H and O–H groups in total. The highest BCUT2D eigenvalue weighted by molar-refractivity contribution is 6.31. The van der Waals surface area contributed by atoms with Gasteiger partial charge in [0.1, 0.15) is 0 Å². The van der Waals surface area contributed by atoms with E-state index in [1.807, 2.05) is 12.1 Å². The molecule has 1 rings (SSSR count). The molecule has 0 aliphatic rings. The standard InChI is InChI=1S/C11H9ClN4O2/c12-11-2-1-10(16(17)18)7-9(11)8-15(5-3-13)6-4-14/h1-2,7H,5-6,8H2. The maximum absolute atomic E-state index is 10.6. The van der Waals surface area contributed by atoms with E-state index in [9.17, 15) is 10.1 Å². The van der Waals surface area contributed by atoms with E-state index in [1.165, 1.54) is 18.2 Å². The first-order chi connectivity index (χ1) is 8.58. The van der Waals surface area contributed by atoms with Gasteiger partial charge < -0.3 is 0 Å². The Hall–Kier alpha value is -2.15. The van der Waals surface area contributed by atoms with Gasteiger partial charge in [0.15, 0.2) is 0 Å². The molecular formula is C11H9ClN4O2. The number of nitro benzene ring substituents is 1. The minimum absolute atomic E-state index is 0.0621. The summed E-state index contributed by atoms with van der Waals surface area (Å²) in [5.74, 6) is 0. The summed E-state index contributed by atoms with van der Waals surface area (Å²) >= 11 is 5.93. The van der Waals surface area contributed by atoms with Gasteiger partial charge in [0.2, 0.25) is 0 Å². The number of hydrogen-bond acceptors (Lipinski definition) is 5. The van der Waals surface area contributed by atoms with Crippen LogP contribution in [0.3, 0.4) is 0 Å². The lowest BCUT2D eigenvalue weighted by Crippen LogP contribution is -2.24. The van der Waals surface area contributed by atoms with Gasteiger partial charge in [-0.05, 0) is 11.6 Å². The third kappa shape index (κ3) is 3.70. The first kappa shape index (κ1) is 13.9. The van der Waals surface area contributed by atoms with Crippen LogP contribution in [0.1, 0.15) is 5.56 Å². The van der Waals surface area contributed by atoms with Crippen molar-refractivity contribution in [1.82, 2.24) is 4.90 Å². The zero-order chi connectivity index (χ0) is 13.5. The first-order valence-electron chi connectivity index (χ1n) is 4.97. The monoisotopic (exact) mass is 264 g/mol. The van der Waals surface area contributed by atoms with Crippen LogP contribution in [0, 0.1) is 32.8 Å². The molecule has 0 radical (unpaired) electrons. The molecule has 0 saturated carbocycles. The highest BCUT2D eigenvalue weighted by Crippen LogP contribution is 2.23. The fourth-order valence-electron chi connectivity index (χ4n) is 1.40. The number of nitrogens with zero attached hydrogens (tertiary/aromatic N) is 4. The van der Waals surface area contributed by atoms with Crippen molar-refractivity contribution in [1.29, 1.82) is 10.5 Å². The van der Waals surface area contributed by atoms with Crippen LogP contribution in [0.4, 0.5) is 5.69 Å². The Morgan fingerprint density at radius 2 is 1.94 bits per heavy atom. The Labute approximate surface area is 109 Å². The predicted molar refractivity (Wildman–Crippen MR) is 64.6 cm³/mol. The van der Waals surface area contributed by atoms with E-state index in [-0.39, 0.29) is 25.3 Å². The molecule has 92 valence electrons. The van der Waals surface area contributed by atoms with Crippen molar-refractivity contribution >= 4 is 17.3 Å². The molecule has 0 unspecified atom stereocenters. The van der Waals surface area contributed by atoms with Gasteiger partial charge in [-0.3, -0.25) is 15.0 Å². The van der Waals surface area contributed by atoms with Crippen LogP contribution < -0.4 is 0 Å². The average molecular weight is 265 g/mol. The van der Waals surface area contributed by atoms with Gasteiger partial charge in [0.05, 0.1) is 30.2 Å². The molecule has 1 aromatic rings. The number of benzene rings is 1. The highest BCUT2D eigenvalue weighted by atomic mass is 35.5. The summed E-state index contributed by atoms with van der Waals surface area (Å²) < 4.78 is 0. The second kappa shape index (κ2) is 6.55. The lowest BCUT2D eigenvalue weighted by molar-refractivity contribution is -0.384. The smallest absolute Gasteiger partial charge is 0.269 e. The van der Waals surface area contributed by atoms with Gasteiger partial charge in [0, 0.05) is 23.7 Å². The van der Waals surface area contributed by atoms with Crippen molar-refractivity contribution in [3.63, 3.8) is 0 Å². The molecular weight excluding hydrogens is 256 g/mol. The SMILES string of the molecule is N#CCN(CC#N)Cc1cc([N+](=O)[O-])ccc1Cl. The number of rotatable bonds is 5. The van der Waals surface area contributed by atoms with Crippen LogP contribution >= 0.6 is 11.6 Å². The number of nitro groups is 1. The third-order valence-electron chi connectivity index (χ3n) is 2.22. The minimum atomic E-state index is -0.515. The Kier molecular flexibility index (Phi) is 5.06. The predicted octanol–water partition coefficient (Wildman–Crippen LogP) is 2.10. The zero-order valence-electron chi connectivity index (χ0n) is 9.34. The van der Waals surface area contributed by atoms with Crippen molar-refractivity contribution in [2.24, 2.45) is 0 Å². The fraction of sp³-hybridized carbons (Fsp3) is 0.273. The summed E-state index contributed by atoms with van der Waals surface area (Å²) in [7, 11) is 0. The molecule has 0 spiro atoms. The maximum atomic E-state index is 10.6. The van der Waals surface area contributed by atoms with Gasteiger partial charge in [-0.15, -0.1) is 0 Å². The van der Waals surface area contributed by atoms with E-state index in [1.54, 1.807) is 4.90 Å². The van der Waals surface area contributed by atoms with E-state index in [2.05, 4.69) is 0 Å². The van der Waals surface area contributed by atoms with Gasteiger partial charge in [-0.2, -0.15) is 10.5 Å². The van der Waals surface area contributed by atoms with E-state index in [4.69, 9.17) is 22.1 Å². The summed E-state index contributed by atoms with van der Waals surface area (Å²) in [5, 5.41) is 28.2. The van der Waals surface area contributed by atoms with Gasteiger partial charge in [-0.25, -0.2) is 0 Å². The Morgan fingerprint density at radius 3 is 2.44 bits per heavy atom. The molecule has 0 aliphatic heterocycles. The summed E-state index contributed by atoms with van der Waals surface area (Å²) in [4.78, 5) is 11.7. The van der Waals surface area contributed by atoms with E-state index in [0.29, 0.717) is 10.6 Å². The third-order valence-corrected chi connectivity index (χ3v) is 2.59. The number of non-ortho nitro benzene ring substituents is 1. The topological polar surface area (TPSA) is 94.0 Å². The second-order valence-corrected chi connectivity index (χ2v) is 3.90. The van der Waals surface area contributed by atoms with Crippen molar-refractivity contribution in [2.75, 3.05) is 13.1 Å². The molecule has 7 heteroatoms. The Bertz CT molecular complexity index is 517. The molecule has 6 nitrogen and oxygen atoms in total. The average Bonchev–Trinajstić information content (AvgIpc) is 2.32. The van der Waals surface area contributed by atoms with Crippen LogP contribution in [-0.4, -0.2) is 22.9 Å². The number of halogens is 1. The van der Waals surface area contributed by atoms with Gasteiger partial charge in [0.25, 0.3) is 5.69 Å². The summed E-state index contributed by atoms with van der Waals surface area (Å²) in [5.41, 5.74) is 0.458. The minimum Gasteiger partial charge on any atom is -0.273 e. The summed E-state index contributed by atoms with van der Waals surface area (Å²) in [6, 6.07) is 7.95. The molecule has 0 heterocycles. The molecule has 1 aromatic carbocycles. The van der Waals surface area contributed by atoms with Crippen molar-refractivity contribution in [3.8, 4) is 12.1 Å². The molecule has 0 aromatic heterocycles. The summed E-state index contributed by atoms with van der Waals surface area (Å²) in [6.07, 6.45) is 0. The molecule has 0 amide bonds. The number of hydrogen-bond donors (Lipinski definition) is 0. The molecule has 0 aliphatic carbocycles. The number of nitriles is 2. The highest BCUT2D eigenvalue weighted by Gasteiger charge is 2.12. The molecule has 0 saturated heterocycles. The van der Waals surface area contributed by atoms with Crippen LogP contribution in [0.25, 0.3) is 0 Å². The van der Waals surface area contributed by atoms with Crippen molar-refractivity contribution < 1.29 is 4.92 Å². The lowest BCUT2D eigenvalue weighted by atomic mass is 10.2. The van der Waals surface area contributed by atoms with Crippen LogP contribution in [0.5, 0.6) is 0 Å². The zero-order valence-corrected chi connectivity index (χ0v) is 10.1. The van der Waals surface area contributed by atoms with Crippen molar-refractivity contribution in [3.05, 3.63) is 38.9 Å². The van der Waals surface area contributed by atoms with E-state index < -0.39 is 4.92 Å². The largest absolute Gasteiger partial charge is 0.273 e. The van der Waals surface area contributed by atoms with Crippen LogP contribution in [0.15, 0.2) is 18.2 Å². The van der Waals surface area contributed by atoms with Crippen LogP contribution in [0.2, 0.25) is 5.02 Å². The lowest BCUT2D eigenvalue weighted by Gasteiger charge is -2.15. The molecule has 0 bridgehead atoms. The van der Waals surface area contributed by atoms with E-state index >= 15 is 0 Å². The molecule has 0 atom stereocenters. The summed E-state index contributed by atoms with van der Waals surface area (Å²) in [6.45, 7) is 0.348. The fourth-order valence-corrected chi connectivity index (χ4v) is 1.58.